The summed E-state index contributed by atoms with van der Waals surface area (Å²) >= 11 is 0. The Bertz CT molecular complexity index is 1320. The molecule has 2 aliphatic heterocycles. The normalized spacial score (nSPS) is 18.6. The van der Waals surface area contributed by atoms with Gasteiger partial charge < -0.3 is 16.8 Å². The number of rotatable bonds is 6. The highest BCUT2D eigenvalue weighted by molar-refractivity contribution is 7.90. The van der Waals surface area contributed by atoms with Crippen LogP contribution in [0.5, 0.6) is 0 Å². The molecule has 0 saturated carbocycles. The topological polar surface area (TPSA) is 134 Å². The molecule has 0 aromatic heterocycles. The van der Waals surface area contributed by atoms with Crippen LogP contribution in [-0.2, 0) is 23.0 Å². The van der Waals surface area contributed by atoms with Gasteiger partial charge in [-0.3, -0.25) is 4.90 Å². The Balaban J connectivity index is 1.59. The molecule has 0 spiro atoms. The lowest BCUT2D eigenvalue weighted by Crippen LogP contribution is -2.48. The number of hydrogen-bond acceptors (Lipinski definition) is 6. The molecule has 0 fully saturated rings. The van der Waals surface area contributed by atoms with Crippen molar-refractivity contribution in [2.24, 2.45) is 16.5 Å². The standard InChI is InChI=1S/C26H34N6O3S/c1-5-23(18-10-11-22-17(14-18)12-13-31(22)25(33)30-26(2,3)4)36(34,35)32-16-21(29-24(32)28)20-9-7-6-8-19(20)15-27/h5-11,14,21,23H,1,12-13,15-16,27H2,2-4H3,(H2,28,29)(H,30,33). The van der Waals surface area contributed by atoms with E-state index in [1.54, 1.807) is 17.0 Å². The molecule has 0 radical (unpaired) electrons. The van der Waals surface area contributed by atoms with Crippen LogP contribution in [0.25, 0.3) is 0 Å². The van der Waals surface area contributed by atoms with Crippen molar-refractivity contribution < 1.29 is 13.2 Å². The number of sulfonamides is 1. The average Bonchev–Trinajstić information content (AvgIpc) is 3.42. The quantitative estimate of drug-likeness (QED) is 0.514. The Hall–Kier alpha value is -3.37. The summed E-state index contributed by atoms with van der Waals surface area (Å²) in [4.78, 5) is 18.9. The molecule has 0 aliphatic carbocycles. The van der Waals surface area contributed by atoms with Crippen molar-refractivity contribution in [2.45, 2.75) is 50.6 Å². The fraction of sp³-hybridized carbons (Fsp3) is 0.385. The number of carbonyl (C=O) groups excluding carboxylic acids is 1. The molecule has 192 valence electrons. The van der Waals surface area contributed by atoms with Crippen LogP contribution >= 0.6 is 0 Å². The van der Waals surface area contributed by atoms with Gasteiger partial charge in [0.2, 0.25) is 16.0 Å². The number of anilines is 1. The SMILES string of the molecule is C=CC(c1ccc2c(c1)CCN2C(=O)NC(C)(C)C)S(=O)(=O)N1CC(c2ccccc2CN)N=C1N. The number of guanidine groups is 1. The van der Waals surface area contributed by atoms with Crippen molar-refractivity contribution in [1.82, 2.24) is 9.62 Å². The Morgan fingerprint density at radius 2 is 2.00 bits per heavy atom. The molecule has 2 heterocycles. The third-order valence-corrected chi connectivity index (χ3v) is 8.47. The number of nitrogens with one attached hydrogen (secondary N) is 1. The Kier molecular flexibility index (Phi) is 6.85. The van der Waals surface area contributed by atoms with Crippen molar-refractivity contribution >= 4 is 27.7 Å². The molecule has 10 heteroatoms. The Morgan fingerprint density at radius 3 is 2.67 bits per heavy atom. The number of nitrogens with two attached hydrogens (primary N) is 2. The van der Waals surface area contributed by atoms with Crippen LogP contribution in [0.2, 0.25) is 0 Å². The van der Waals surface area contributed by atoms with Gasteiger partial charge in [-0.1, -0.05) is 42.5 Å². The Labute approximate surface area is 212 Å². The van der Waals surface area contributed by atoms with E-state index in [1.807, 2.05) is 51.1 Å². The van der Waals surface area contributed by atoms with E-state index in [0.29, 0.717) is 25.1 Å². The zero-order valence-electron chi connectivity index (χ0n) is 20.9. The molecule has 2 unspecified atom stereocenters. The second kappa shape index (κ2) is 9.59. The molecule has 36 heavy (non-hydrogen) atoms. The maximum absolute atomic E-state index is 13.7. The van der Waals surface area contributed by atoms with Crippen LogP contribution in [0.1, 0.15) is 54.3 Å². The number of nitrogens with zero attached hydrogens (tertiary/aromatic N) is 3. The summed E-state index contributed by atoms with van der Waals surface area (Å²) in [6.07, 6.45) is 2.04. The van der Waals surface area contributed by atoms with E-state index in [4.69, 9.17) is 11.5 Å². The average molecular weight is 511 g/mol. The Morgan fingerprint density at radius 1 is 1.28 bits per heavy atom. The lowest BCUT2D eigenvalue weighted by Gasteiger charge is -2.26. The molecule has 5 N–H and O–H groups in total. The van der Waals surface area contributed by atoms with Gasteiger partial charge in [0.25, 0.3) is 0 Å². The molecule has 2 aromatic rings. The molecule has 2 aliphatic rings. The summed E-state index contributed by atoms with van der Waals surface area (Å²) in [6, 6.07) is 12.3. The smallest absolute Gasteiger partial charge is 0.322 e. The minimum Gasteiger partial charge on any atom is -0.369 e. The molecular weight excluding hydrogens is 476 g/mol. The first-order valence-electron chi connectivity index (χ1n) is 11.9. The van der Waals surface area contributed by atoms with Gasteiger partial charge in [-0.25, -0.2) is 22.5 Å². The van der Waals surface area contributed by atoms with Gasteiger partial charge >= 0.3 is 6.03 Å². The van der Waals surface area contributed by atoms with E-state index in [9.17, 15) is 13.2 Å². The van der Waals surface area contributed by atoms with E-state index < -0.39 is 21.3 Å². The highest BCUT2D eigenvalue weighted by Crippen LogP contribution is 2.36. The van der Waals surface area contributed by atoms with Crippen molar-refractivity contribution in [3.63, 3.8) is 0 Å². The highest BCUT2D eigenvalue weighted by Gasteiger charge is 2.39. The molecule has 0 saturated heterocycles. The maximum atomic E-state index is 13.7. The first kappa shape index (κ1) is 25.7. The lowest BCUT2D eigenvalue weighted by molar-refractivity contribution is 0.238. The van der Waals surface area contributed by atoms with Gasteiger partial charge in [-0.2, -0.15) is 0 Å². The second-order valence-electron chi connectivity index (χ2n) is 10.1. The van der Waals surface area contributed by atoms with Gasteiger partial charge in [0.15, 0.2) is 0 Å². The van der Waals surface area contributed by atoms with Crippen molar-refractivity contribution in [1.29, 1.82) is 0 Å². The zero-order chi connectivity index (χ0) is 26.3. The van der Waals surface area contributed by atoms with Crippen molar-refractivity contribution in [3.8, 4) is 0 Å². The van der Waals surface area contributed by atoms with Crippen LogP contribution in [0.15, 0.2) is 60.1 Å². The third-order valence-electron chi connectivity index (χ3n) is 6.41. The minimum atomic E-state index is -3.95. The monoisotopic (exact) mass is 510 g/mol. The summed E-state index contributed by atoms with van der Waals surface area (Å²) in [5.74, 6) is -0.0511. The van der Waals surface area contributed by atoms with Crippen LogP contribution in [0, 0.1) is 0 Å². The predicted molar refractivity (Wildman–Crippen MR) is 143 cm³/mol. The van der Waals surface area contributed by atoms with Gasteiger partial charge in [-0.05, 0) is 55.5 Å². The summed E-state index contributed by atoms with van der Waals surface area (Å²) in [5, 5.41) is 1.96. The summed E-state index contributed by atoms with van der Waals surface area (Å²) < 4.78 is 28.6. The van der Waals surface area contributed by atoms with E-state index in [0.717, 1.165) is 26.7 Å². The van der Waals surface area contributed by atoms with Crippen LogP contribution in [-0.4, -0.2) is 43.3 Å². The number of amides is 2. The van der Waals surface area contributed by atoms with Gasteiger partial charge in [-0.15, -0.1) is 6.58 Å². The number of carbonyl (C=O) groups is 1. The third kappa shape index (κ3) is 4.83. The van der Waals surface area contributed by atoms with Crippen molar-refractivity contribution in [2.75, 3.05) is 18.0 Å². The zero-order valence-corrected chi connectivity index (χ0v) is 21.8. The molecule has 2 aromatic carbocycles. The molecule has 0 bridgehead atoms. The number of urea groups is 1. The predicted octanol–water partition coefficient (Wildman–Crippen LogP) is 2.94. The highest BCUT2D eigenvalue weighted by atomic mass is 32.2. The van der Waals surface area contributed by atoms with E-state index in [-0.39, 0.29) is 24.1 Å². The van der Waals surface area contributed by atoms with Crippen molar-refractivity contribution in [3.05, 3.63) is 77.4 Å². The minimum absolute atomic E-state index is 0.0511. The molecule has 2 atom stereocenters. The first-order valence-corrected chi connectivity index (χ1v) is 13.4. The largest absolute Gasteiger partial charge is 0.369 e. The van der Waals surface area contributed by atoms with E-state index in [1.165, 1.54) is 6.08 Å². The summed E-state index contributed by atoms with van der Waals surface area (Å²) in [6.45, 7) is 10.5. The number of hydrogen-bond donors (Lipinski definition) is 3. The number of fused-ring (bicyclic) bond motifs is 1. The van der Waals surface area contributed by atoms with Gasteiger partial charge in [0.05, 0.1) is 12.6 Å². The molecule has 2 amide bonds. The fourth-order valence-electron chi connectivity index (χ4n) is 4.73. The van der Waals surface area contributed by atoms with E-state index in [2.05, 4.69) is 16.9 Å². The fourth-order valence-corrected chi connectivity index (χ4v) is 6.39. The van der Waals surface area contributed by atoms with Gasteiger partial charge in [0.1, 0.15) is 5.25 Å². The summed E-state index contributed by atoms with van der Waals surface area (Å²) in [5.41, 5.74) is 15.7. The number of benzene rings is 2. The summed E-state index contributed by atoms with van der Waals surface area (Å²) in [7, 11) is -3.95. The second-order valence-corrected chi connectivity index (χ2v) is 12.1. The lowest BCUT2D eigenvalue weighted by atomic mass is 10.0. The van der Waals surface area contributed by atoms with Crippen LogP contribution in [0.3, 0.4) is 0 Å². The maximum Gasteiger partial charge on any atom is 0.322 e. The molecule has 4 rings (SSSR count). The molecular formula is C26H34N6O3S. The van der Waals surface area contributed by atoms with Crippen LogP contribution in [0.4, 0.5) is 10.5 Å². The molecule has 9 nitrogen and oxygen atoms in total. The van der Waals surface area contributed by atoms with E-state index >= 15 is 0 Å². The first-order chi connectivity index (χ1) is 17.0. The van der Waals surface area contributed by atoms with Gasteiger partial charge in [0, 0.05) is 24.3 Å². The van der Waals surface area contributed by atoms with Crippen LogP contribution < -0.4 is 21.7 Å². The number of aliphatic imine (C=N–C) groups is 1.